The Morgan fingerprint density at radius 3 is 2.39 bits per heavy atom. The van der Waals surface area contributed by atoms with Crippen molar-refractivity contribution >= 4 is 11.7 Å². The van der Waals surface area contributed by atoms with E-state index in [4.69, 9.17) is 0 Å². The van der Waals surface area contributed by atoms with E-state index in [2.05, 4.69) is 12.2 Å². The summed E-state index contributed by atoms with van der Waals surface area (Å²) in [7, 11) is 0. The third kappa shape index (κ3) is 5.87. The topological polar surface area (TPSA) is 68.2 Å². The number of aryl methyl sites for hydroxylation is 1. The third-order valence-electron chi connectivity index (χ3n) is 4.57. The molecule has 0 unspecified atom stereocenters. The number of nitrogens with one attached hydrogen (secondary N) is 1. The number of nitrogens with zero attached hydrogens (tertiary/aromatic N) is 1. The molecule has 0 spiro atoms. The smallest absolute Gasteiger partial charge is 0.251 e. The Morgan fingerprint density at radius 1 is 1.04 bits per heavy atom. The minimum atomic E-state index is -1.33. The van der Waals surface area contributed by atoms with Crippen LogP contribution in [0.15, 0.2) is 47.4 Å². The van der Waals surface area contributed by atoms with Gasteiger partial charge in [0.2, 0.25) is 0 Å². The number of carbonyl (C=O) groups excluding carboxylic acids is 2. The second-order valence-electron chi connectivity index (χ2n) is 6.93. The van der Waals surface area contributed by atoms with E-state index in [0.29, 0.717) is 6.54 Å². The highest BCUT2D eigenvalue weighted by Crippen LogP contribution is 2.15. The summed E-state index contributed by atoms with van der Waals surface area (Å²) in [5, 5.41) is 2.77. The van der Waals surface area contributed by atoms with Gasteiger partial charge in [-0.1, -0.05) is 38.7 Å². The van der Waals surface area contributed by atoms with E-state index in [-0.39, 0.29) is 5.56 Å². The summed E-state index contributed by atoms with van der Waals surface area (Å²) < 4.78 is 14.3. The van der Waals surface area contributed by atoms with Crippen LogP contribution in [-0.4, -0.2) is 22.8 Å². The Morgan fingerprint density at radius 2 is 1.71 bits per heavy atom. The molecule has 1 atom stereocenters. The number of carbonyl (C=O) groups is 2. The molecule has 1 aromatic carbocycles. The molecule has 0 fully saturated rings. The molecule has 0 saturated heterocycles. The number of benzene rings is 1. The van der Waals surface area contributed by atoms with Gasteiger partial charge < -0.3 is 5.32 Å². The summed E-state index contributed by atoms with van der Waals surface area (Å²) >= 11 is 0. The molecule has 0 aliphatic heterocycles. The van der Waals surface area contributed by atoms with Gasteiger partial charge in [0.05, 0.1) is 0 Å². The van der Waals surface area contributed by atoms with Gasteiger partial charge >= 0.3 is 0 Å². The number of pyridine rings is 1. The van der Waals surface area contributed by atoms with Gasteiger partial charge in [0.15, 0.2) is 11.8 Å². The van der Waals surface area contributed by atoms with E-state index in [0.717, 1.165) is 54.4 Å². The predicted octanol–water partition coefficient (Wildman–Crippen LogP) is 3.81. The first-order chi connectivity index (χ1) is 13.4. The van der Waals surface area contributed by atoms with Crippen LogP contribution in [0, 0.1) is 12.7 Å². The molecule has 2 aromatic rings. The van der Waals surface area contributed by atoms with Gasteiger partial charge in [-0.15, -0.1) is 0 Å². The molecule has 5 nitrogen and oxygen atoms in total. The van der Waals surface area contributed by atoms with Crippen LogP contribution in [0.4, 0.5) is 4.39 Å². The maximum absolute atomic E-state index is 13.2. The molecule has 0 aliphatic carbocycles. The van der Waals surface area contributed by atoms with Crippen LogP contribution >= 0.6 is 0 Å². The fraction of sp³-hybridized carbons (Fsp3) is 0.409. The molecule has 0 saturated carbocycles. The Bertz CT molecular complexity index is 859. The highest BCUT2D eigenvalue weighted by molar-refractivity contribution is 6.11. The zero-order chi connectivity index (χ0) is 20.5. The van der Waals surface area contributed by atoms with Gasteiger partial charge in [-0.05, 0) is 43.2 Å². The average Bonchev–Trinajstić information content (AvgIpc) is 2.68. The molecule has 28 heavy (non-hydrogen) atoms. The second-order valence-corrected chi connectivity index (χ2v) is 6.93. The minimum Gasteiger partial charge on any atom is -0.354 e. The molecule has 1 heterocycles. The van der Waals surface area contributed by atoms with E-state index >= 15 is 0 Å². The average molecular weight is 386 g/mol. The lowest BCUT2D eigenvalue weighted by atomic mass is 10.0. The van der Waals surface area contributed by atoms with Gasteiger partial charge in [-0.3, -0.25) is 19.0 Å². The first kappa shape index (κ1) is 21.5. The van der Waals surface area contributed by atoms with Crippen LogP contribution in [0.25, 0.3) is 0 Å². The standard InChI is InChI=1S/C22H27FN2O3/c1-3-4-5-6-7-14-24-22(28)20(25-15-16(2)8-13-19(25)26)21(27)17-9-11-18(23)12-10-17/h8-13,15,20H,3-7,14H2,1-2H3,(H,24,28)/t20-/m1/s1. The molecule has 2 rings (SSSR count). The largest absolute Gasteiger partial charge is 0.354 e. The van der Waals surface area contributed by atoms with Crippen LogP contribution in [0.2, 0.25) is 0 Å². The first-order valence-corrected chi connectivity index (χ1v) is 9.70. The number of amides is 1. The van der Waals surface area contributed by atoms with Crippen molar-refractivity contribution in [2.45, 2.75) is 52.0 Å². The summed E-state index contributed by atoms with van der Waals surface area (Å²) in [6.45, 7) is 4.35. The second kappa shape index (κ2) is 10.5. The van der Waals surface area contributed by atoms with Crippen molar-refractivity contribution in [3.05, 3.63) is 69.9 Å². The number of aromatic nitrogens is 1. The van der Waals surface area contributed by atoms with Crippen molar-refractivity contribution in [1.29, 1.82) is 0 Å². The van der Waals surface area contributed by atoms with E-state index in [9.17, 15) is 18.8 Å². The molecular formula is C22H27FN2O3. The summed E-state index contributed by atoms with van der Waals surface area (Å²) in [6, 6.07) is 6.60. The van der Waals surface area contributed by atoms with Crippen LogP contribution in [0.3, 0.4) is 0 Å². The van der Waals surface area contributed by atoms with Crippen LogP contribution < -0.4 is 10.9 Å². The lowest BCUT2D eigenvalue weighted by Crippen LogP contribution is -2.41. The maximum atomic E-state index is 13.2. The van der Waals surface area contributed by atoms with E-state index in [1.54, 1.807) is 13.0 Å². The number of hydrogen-bond donors (Lipinski definition) is 1. The lowest BCUT2D eigenvalue weighted by Gasteiger charge is -2.19. The van der Waals surface area contributed by atoms with Crippen molar-refractivity contribution in [3.8, 4) is 0 Å². The van der Waals surface area contributed by atoms with Crippen LogP contribution in [0.1, 0.15) is 61.0 Å². The Hall–Kier alpha value is -2.76. The van der Waals surface area contributed by atoms with Crippen LogP contribution in [-0.2, 0) is 4.79 Å². The Balaban J connectivity index is 2.22. The van der Waals surface area contributed by atoms with E-state index in [1.807, 2.05) is 0 Å². The number of hydrogen-bond acceptors (Lipinski definition) is 3. The van der Waals surface area contributed by atoms with Gasteiger partial charge in [0, 0.05) is 24.4 Å². The number of halogens is 1. The van der Waals surface area contributed by atoms with Crippen molar-refractivity contribution in [3.63, 3.8) is 0 Å². The molecule has 1 N–H and O–H groups in total. The monoisotopic (exact) mass is 386 g/mol. The highest BCUT2D eigenvalue weighted by Gasteiger charge is 2.30. The minimum absolute atomic E-state index is 0.179. The molecule has 1 amide bonds. The number of ketones is 1. The first-order valence-electron chi connectivity index (χ1n) is 9.70. The van der Waals surface area contributed by atoms with E-state index in [1.165, 1.54) is 24.4 Å². The molecule has 0 bridgehead atoms. The normalized spacial score (nSPS) is 11.8. The summed E-state index contributed by atoms with van der Waals surface area (Å²) in [4.78, 5) is 38.1. The van der Waals surface area contributed by atoms with Crippen molar-refractivity contribution < 1.29 is 14.0 Å². The summed E-state index contributed by atoms with van der Waals surface area (Å²) in [6.07, 6.45) is 6.69. The van der Waals surface area contributed by atoms with Crippen LogP contribution in [0.5, 0.6) is 0 Å². The Kier molecular flexibility index (Phi) is 8.11. The predicted molar refractivity (Wildman–Crippen MR) is 107 cm³/mol. The van der Waals surface area contributed by atoms with Crippen molar-refractivity contribution in [2.24, 2.45) is 0 Å². The van der Waals surface area contributed by atoms with Gasteiger partial charge in [-0.2, -0.15) is 0 Å². The number of Topliss-reactive ketones (excluding diaryl/α,β-unsaturated/α-hetero) is 1. The van der Waals surface area contributed by atoms with Gasteiger partial charge in [0.25, 0.3) is 11.5 Å². The van der Waals surface area contributed by atoms with Crippen molar-refractivity contribution in [2.75, 3.05) is 6.54 Å². The molecule has 6 heteroatoms. The summed E-state index contributed by atoms with van der Waals surface area (Å²) in [5.74, 6) is -1.55. The van der Waals surface area contributed by atoms with E-state index < -0.39 is 29.1 Å². The molecular weight excluding hydrogens is 359 g/mol. The quantitative estimate of drug-likeness (QED) is 0.384. The highest BCUT2D eigenvalue weighted by atomic mass is 19.1. The molecule has 0 aliphatic rings. The van der Waals surface area contributed by atoms with Gasteiger partial charge in [-0.25, -0.2) is 4.39 Å². The Labute approximate surface area is 164 Å². The SMILES string of the molecule is CCCCCCCNC(=O)[C@@H](C(=O)c1ccc(F)cc1)n1cc(C)ccc1=O. The fourth-order valence-electron chi connectivity index (χ4n) is 3.00. The zero-order valence-electron chi connectivity index (χ0n) is 16.4. The summed E-state index contributed by atoms with van der Waals surface area (Å²) in [5.41, 5.74) is 0.492. The maximum Gasteiger partial charge on any atom is 0.251 e. The lowest BCUT2D eigenvalue weighted by molar-refractivity contribution is -0.123. The third-order valence-corrected chi connectivity index (χ3v) is 4.57. The number of unbranched alkanes of at least 4 members (excludes halogenated alkanes) is 4. The number of rotatable bonds is 10. The fourth-order valence-corrected chi connectivity index (χ4v) is 3.00. The molecule has 150 valence electrons. The molecule has 0 radical (unpaired) electrons. The molecule has 1 aromatic heterocycles. The van der Waals surface area contributed by atoms with Gasteiger partial charge in [0.1, 0.15) is 5.82 Å². The van der Waals surface area contributed by atoms with Crippen molar-refractivity contribution in [1.82, 2.24) is 9.88 Å². The zero-order valence-corrected chi connectivity index (χ0v) is 16.4.